The number of alkyl carbamates (subject to hydrolysis) is 1. The number of amides is 1. The topological polar surface area (TPSA) is 59.9 Å². The smallest absolute Gasteiger partial charge is 0.407 e. The van der Waals surface area contributed by atoms with Gasteiger partial charge in [-0.2, -0.15) is 0 Å². The second-order valence-electron chi connectivity index (χ2n) is 8.38. The van der Waals surface area contributed by atoms with Gasteiger partial charge in [-0.1, -0.05) is 13.5 Å². The van der Waals surface area contributed by atoms with Crippen molar-refractivity contribution in [2.75, 3.05) is 6.54 Å². The summed E-state index contributed by atoms with van der Waals surface area (Å²) in [6.07, 6.45) is 5.91. The van der Waals surface area contributed by atoms with Gasteiger partial charge >= 0.3 is 6.09 Å². The largest absolute Gasteiger partial charge is 0.492 e. The summed E-state index contributed by atoms with van der Waals surface area (Å²) in [6, 6.07) is 0. The highest BCUT2D eigenvalue weighted by Gasteiger charge is 2.34. The standard InChI is InChI=1S/C20H32N2O3/c1-14-8-7-10-21-17-13-20(6,24-15(2)12-16(14)17)9-11-22-18(23)25-19(3,4)5/h10,14H,2,7-9,11-13H2,1,3-6H3,(H,22,23). The Balaban J connectivity index is 2.02. The van der Waals surface area contributed by atoms with Crippen LogP contribution < -0.4 is 5.32 Å². The molecule has 0 radical (unpaired) electrons. The fourth-order valence-electron chi connectivity index (χ4n) is 3.35. The lowest BCUT2D eigenvalue weighted by molar-refractivity contribution is 0.0113. The number of rotatable bonds is 3. The molecule has 0 spiro atoms. The number of ether oxygens (including phenoxy) is 2. The first-order valence-electron chi connectivity index (χ1n) is 9.16. The first-order valence-corrected chi connectivity index (χ1v) is 9.16. The van der Waals surface area contributed by atoms with Gasteiger partial charge in [0.25, 0.3) is 0 Å². The van der Waals surface area contributed by atoms with E-state index in [0.29, 0.717) is 18.9 Å². The van der Waals surface area contributed by atoms with Crippen LogP contribution in [0.25, 0.3) is 0 Å². The number of carbonyl (C=O) groups excluding carboxylic acids is 1. The molecule has 5 nitrogen and oxygen atoms in total. The Labute approximate surface area is 151 Å². The zero-order valence-electron chi connectivity index (χ0n) is 16.3. The molecular formula is C20H32N2O3. The summed E-state index contributed by atoms with van der Waals surface area (Å²) >= 11 is 0. The Morgan fingerprint density at radius 2 is 2.24 bits per heavy atom. The van der Waals surface area contributed by atoms with Crippen molar-refractivity contribution in [2.45, 2.75) is 77.9 Å². The van der Waals surface area contributed by atoms with E-state index in [0.717, 1.165) is 37.1 Å². The highest BCUT2D eigenvalue weighted by atomic mass is 16.6. The van der Waals surface area contributed by atoms with Crippen LogP contribution in [0.4, 0.5) is 4.79 Å². The van der Waals surface area contributed by atoms with Crippen LogP contribution in [-0.4, -0.2) is 30.1 Å². The molecular weight excluding hydrogens is 316 g/mol. The lowest BCUT2D eigenvalue weighted by atomic mass is 9.89. The van der Waals surface area contributed by atoms with Crippen molar-refractivity contribution in [3.05, 3.63) is 23.6 Å². The van der Waals surface area contributed by atoms with Crippen LogP contribution in [0.15, 0.2) is 28.6 Å². The molecule has 0 bridgehead atoms. The molecule has 0 aromatic rings. The van der Waals surface area contributed by atoms with Gasteiger partial charge in [0, 0.05) is 37.7 Å². The first-order chi connectivity index (χ1) is 11.6. The predicted molar refractivity (Wildman–Crippen MR) is 101 cm³/mol. The van der Waals surface area contributed by atoms with Crippen LogP contribution in [0.2, 0.25) is 0 Å². The maximum atomic E-state index is 11.8. The second-order valence-corrected chi connectivity index (χ2v) is 8.38. The number of nitrogens with one attached hydrogen (secondary N) is 1. The second kappa shape index (κ2) is 7.63. The van der Waals surface area contributed by atoms with Gasteiger partial charge in [-0.3, -0.25) is 4.99 Å². The zero-order valence-corrected chi connectivity index (χ0v) is 16.3. The van der Waals surface area contributed by atoms with Crippen molar-refractivity contribution in [3.63, 3.8) is 0 Å². The van der Waals surface area contributed by atoms with E-state index in [2.05, 4.69) is 25.7 Å². The third kappa shape index (κ3) is 5.91. The van der Waals surface area contributed by atoms with Crippen molar-refractivity contribution in [1.29, 1.82) is 0 Å². The molecule has 0 saturated heterocycles. The van der Waals surface area contributed by atoms with E-state index in [1.165, 1.54) is 5.57 Å². The normalized spacial score (nSPS) is 27.1. The summed E-state index contributed by atoms with van der Waals surface area (Å²) in [6.45, 7) is 14.5. The molecule has 0 aromatic heterocycles. The minimum absolute atomic E-state index is 0.399. The van der Waals surface area contributed by atoms with Crippen molar-refractivity contribution >= 4 is 12.3 Å². The van der Waals surface area contributed by atoms with Crippen LogP contribution >= 0.6 is 0 Å². The molecule has 0 aliphatic carbocycles. The lowest BCUT2D eigenvalue weighted by Gasteiger charge is -2.30. The number of carbonyl (C=O) groups is 1. The molecule has 140 valence electrons. The molecule has 2 aliphatic rings. The number of allylic oxidation sites excluding steroid dienone is 1. The van der Waals surface area contributed by atoms with Gasteiger partial charge in [-0.15, -0.1) is 0 Å². The quantitative estimate of drug-likeness (QED) is 0.801. The van der Waals surface area contributed by atoms with E-state index < -0.39 is 17.3 Å². The summed E-state index contributed by atoms with van der Waals surface area (Å²) in [4.78, 5) is 16.5. The van der Waals surface area contributed by atoms with Crippen LogP contribution in [-0.2, 0) is 9.47 Å². The molecule has 2 unspecified atom stereocenters. The number of hydrogen-bond acceptors (Lipinski definition) is 4. The fourth-order valence-corrected chi connectivity index (χ4v) is 3.35. The van der Waals surface area contributed by atoms with Crippen LogP contribution in [0.3, 0.4) is 0 Å². The Morgan fingerprint density at radius 3 is 2.92 bits per heavy atom. The van der Waals surface area contributed by atoms with E-state index in [1.807, 2.05) is 27.0 Å². The van der Waals surface area contributed by atoms with Crippen LogP contribution in [0, 0.1) is 5.92 Å². The average molecular weight is 348 g/mol. The fraction of sp³-hybridized carbons (Fsp3) is 0.700. The van der Waals surface area contributed by atoms with Gasteiger partial charge in [0.2, 0.25) is 0 Å². The molecule has 1 N–H and O–H groups in total. The molecule has 2 rings (SSSR count). The van der Waals surface area contributed by atoms with Gasteiger partial charge in [-0.05, 0) is 52.0 Å². The van der Waals surface area contributed by atoms with E-state index in [1.54, 1.807) is 0 Å². The molecule has 0 saturated carbocycles. The maximum absolute atomic E-state index is 11.8. The lowest BCUT2D eigenvalue weighted by Crippen LogP contribution is -2.37. The van der Waals surface area contributed by atoms with E-state index >= 15 is 0 Å². The molecule has 0 aromatic carbocycles. The third-order valence-electron chi connectivity index (χ3n) is 4.58. The Morgan fingerprint density at radius 1 is 1.52 bits per heavy atom. The Bertz CT molecular complexity index is 586. The van der Waals surface area contributed by atoms with Crippen molar-refractivity contribution < 1.29 is 14.3 Å². The summed E-state index contributed by atoms with van der Waals surface area (Å²) in [5.41, 5.74) is 1.56. The van der Waals surface area contributed by atoms with Crippen molar-refractivity contribution in [1.82, 2.24) is 5.32 Å². The van der Waals surface area contributed by atoms with Gasteiger partial charge in [0.05, 0.1) is 5.76 Å². The third-order valence-corrected chi connectivity index (χ3v) is 4.58. The van der Waals surface area contributed by atoms with E-state index in [4.69, 9.17) is 14.5 Å². The molecule has 0 fully saturated rings. The average Bonchev–Trinajstić information content (AvgIpc) is 2.67. The SMILES string of the molecule is C=C1CC2=C(CC(C)(CCNC(=O)OC(C)(C)C)O1)N=CCCC2C. The van der Waals surface area contributed by atoms with Crippen molar-refractivity contribution in [3.8, 4) is 0 Å². The van der Waals surface area contributed by atoms with E-state index in [9.17, 15) is 4.79 Å². The van der Waals surface area contributed by atoms with Crippen molar-refractivity contribution in [2.24, 2.45) is 10.9 Å². The zero-order chi connectivity index (χ0) is 18.7. The van der Waals surface area contributed by atoms with Gasteiger partial charge < -0.3 is 14.8 Å². The summed E-state index contributed by atoms with van der Waals surface area (Å²) in [5, 5.41) is 2.81. The molecule has 2 atom stereocenters. The number of nitrogens with zero attached hydrogens (tertiary/aromatic N) is 1. The van der Waals surface area contributed by atoms with Gasteiger partial charge in [0.1, 0.15) is 11.2 Å². The number of hydrogen-bond donors (Lipinski definition) is 1. The molecule has 2 heterocycles. The van der Waals surface area contributed by atoms with Gasteiger partial charge in [-0.25, -0.2) is 4.79 Å². The monoisotopic (exact) mass is 348 g/mol. The predicted octanol–water partition coefficient (Wildman–Crippen LogP) is 4.74. The highest BCUT2D eigenvalue weighted by molar-refractivity contribution is 5.67. The highest BCUT2D eigenvalue weighted by Crippen LogP contribution is 2.39. The number of aliphatic imine (C=N–C) groups is 1. The summed E-state index contributed by atoms with van der Waals surface area (Å²) in [7, 11) is 0. The van der Waals surface area contributed by atoms with Crippen LogP contribution in [0.5, 0.6) is 0 Å². The Kier molecular flexibility index (Phi) is 5.96. The first kappa shape index (κ1) is 19.5. The minimum atomic E-state index is -0.494. The maximum Gasteiger partial charge on any atom is 0.407 e. The summed E-state index contributed by atoms with van der Waals surface area (Å²) < 4.78 is 11.4. The minimum Gasteiger partial charge on any atom is -0.492 e. The molecule has 5 heteroatoms. The van der Waals surface area contributed by atoms with Crippen LogP contribution in [0.1, 0.15) is 66.7 Å². The molecule has 1 amide bonds. The molecule has 2 aliphatic heterocycles. The van der Waals surface area contributed by atoms with Gasteiger partial charge in [0.15, 0.2) is 0 Å². The van der Waals surface area contributed by atoms with E-state index in [-0.39, 0.29) is 0 Å². The summed E-state index contributed by atoms with van der Waals surface area (Å²) in [5.74, 6) is 1.29. The Hall–Kier alpha value is -1.78. The molecule has 25 heavy (non-hydrogen) atoms.